The Bertz CT molecular complexity index is 4960. The van der Waals surface area contributed by atoms with Crippen LogP contribution in [0.4, 0.5) is 0 Å². The Morgan fingerprint density at radius 1 is 0.216 bits per heavy atom. The molecule has 0 saturated heterocycles. The Morgan fingerprint density at radius 2 is 0.527 bits per heavy atom. The van der Waals surface area contributed by atoms with Crippen LogP contribution in [-0.2, 0) is 0 Å². The van der Waals surface area contributed by atoms with E-state index in [2.05, 4.69) is 273 Å². The van der Waals surface area contributed by atoms with Gasteiger partial charge >= 0.3 is 0 Å². The molecule has 5 aromatic heterocycles. The van der Waals surface area contributed by atoms with Gasteiger partial charge < -0.3 is 9.13 Å². The molecule has 16 rings (SSSR count). The predicted octanol–water partition coefficient (Wildman–Crippen LogP) is 17.4. The van der Waals surface area contributed by atoms with E-state index >= 15 is 0 Å². The Labute approximate surface area is 424 Å². The van der Waals surface area contributed by atoms with Crippen molar-refractivity contribution in [2.45, 2.75) is 0 Å². The molecule has 74 heavy (non-hydrogen) atoms. The van der Waals surface area contributed by atoms with E-state index in [1.54, 1.807) is 0 Å². The number of rotatable bonds is 6. The number of para-hydroxylation sites is 7. The van der Waals surface area contributed by atoms with Gasteiger partial charge in [0.2, 0.25) is 5.95 Å². The Kier molecular flexibility index (Phi) is 8.64. The van der Waals surface area contributed by atoms with E-state index in [9.17, 15) is 0 Å². The highest BCUT2D eigenvalue weighted by Gasteiger charge is 2.22. The van der Waals surface area contributed by atoms with Gasteiger partial charge in [0.1, 0.15) is 0 Å². The summed E-state index contributed by atoms with van der Waals surface area (Å²) in [6, 6.07) is 92.1. The van der Waals surface area contributed by atoms with Gasteiger partial charge in [0.25, 0.3) is 0 Å². The maximum atomic E-state index is 5.64. The number of hydrogen-bond acceptors (Lipinski definition) is 2. The van der Waals surface area contributed by atoms with E-state index < -0.39 is 0 Å². The van der Waals surface area contributed by atoms with Gasteiger partial charge in [-0.3, -0.25) is 9.13 Å². The summed E-state index contributed by atoms with van der Waals surface area (Å²) >= 11 is 0. The van der Waals surface area contributed by atoms with Crippen LogP contribution in [0.2, 0.25) is 0 Å². The molecule has 11 aromatic carbocycles. The SMILES string of the molecule is c1ccc(-n2c3ccccc3c3cc(-c4ccc5c(c4)c4ccccc4n5-c4nc(-n5c6ccccc6c6cc(-c7ccc8c(c7)c7ccccc7n8-c7ccccc7)ccc65)c5ccccc5n4)ccc32)cc1. The lowest BCUT2D eigenvalue weighted by Gasteiger charge is -2.14. The minimum absolute atomic E-state index is 0.623. The summed E-state index contributed by atoms with van der Waals surface area (Å²) in [5, 5.41) is 10.6. The third-order valence-electron chi connectivity index (χ3n) is 15.4. The summed E-state index contributed by atoms with van der Waals surface area (Å²) in [4.78, 5) is 11.0. The number of nitrogens with zero attached hydrogens (tertiary/aromatic N) is 6. The number of hydrogen-bond donors (Lipinski definition) is 0. The van der Waals surface area contributed by atoms with Crippen LogP contribution in [0.1, 0.15) is 0 Å². The van der Waals surface area contributed by atoms with Crippen LogP contribution in [0.3, 0.4) is 0 Å². The zero-order valence-electron chi connectivity index (χ0n) is 39.9. The molecule has 0 atom stereocenters. The van der Waals surface area contributed by atoms with Crippen molar-refractivity contribution < 1.29 is 0 Å². The molecule has 0 radical (unpaired) electrons. The maximum Gasteiger partial charge on any atom is 0.237 e. The van der Waals surface area contributed by atoms with E-state index in [1.807, 2.05) is 0 Å². The van der Waals surface area contributed by atoms with Gasteiger partial charge in [-0.1, -0.05) is 146 Å². The Morgan fingerprint density at radius 3 is 0.959 bits per heavy atom. The van der Waals surface area contributed by atoms with Crippen molar-refractivity contribution in [1.82, 2.24) is 28.2 Å². The lowest BCUT2D eigenvalue weighted by Crippen LogP contribution is -2.07. The van der Waals surface area contributed by atoms with Crippen molar-refractivity contribution in [1.29, 1.82) is 0 Å². The van der Waals surface area contributed by atoms with Gasteiger partial charge in [0.15, 0.2) is 5.82 Å². The van der Waals surface area contributed by atoms with Gasteiger partial charge in [-0.05, 0) is 131 Å². The Hall–Kier alpha value is -10.0. The molecule has 0 spiro atoms. The van der Waals surface area contributed by atoms with Crippen LogP contribution in [-0.4, -0.2) is 28.2 Å². The first-order valence-electron chi connectivity index (χ1n) is 25.2. The summed E-state index contributed by atoms with van der Waals surface area (Å²) in [6.07, 6.45) is 0. The second-order valence-corrected chi connectivity index (χ2v) is 19.4. The molecule has 0 aliphatic heterocycles. The monoisotopic (exact) mass is 942 g/mol. The highest BCUT2D eigenvalue weighted by molar-refractivity contribution is 6.15. The van der Waals surface area contributed by atoms with Crippen molar-refractivity contribution >= 4 is 98.1 Å². The topological polar surface area (TPSA) is 45.5 Å². The third kappa shape index (κ3) is 5.94. The quantitative estimate of drug-likeness (QED) is 0.167. The van der Waals surface area contributed by atoms with Crippen molar-refractivity contribution in [3.05, 3.63) is 255 Å². The minimum atomic E-state index is 0.623. The molecule has 6 heteroatoms. The number of fused-ring (bicyclic) bond motifs is 13. The summed E-state index contributed by atoms with van der Waals surface area (Å²) in [7, 11) is 0. The molecule has 0 aliphatic rings. The molecule has 0 N–H and O–H groups in total. The number of benzene rings is 11. The summed E-state index contributed by atoms with van der Waals surface area (Å²) < 4.78 is 9.33. The molecule has 0 bridgehead atoms. The van der Waals surface area contributed by atoms with E-state index in [0.717, 1.165) is 72.1 Å². The molecule has 16 aromatic rings. The van der Waals surface area contributed by atoms with Gasteiger partial charge in [0.05, 0.1) is 49.7 Å². The molecule has 0 unspecified atom stereocenters. The average Bonchev–Trinajstić information content (AvgIpc) is 4.21. The van der Waals surface area contributed by atoms with Crippen LogP contribution >= 0.6 is 0 Å². The molecule has 6 nitrogen and oxygen atoms in total. The molecule has 0 saturated carbocycles. The molecule has 0 aliphatic carbocycles. The average molecular weight is 943 g/mol. The van der Waals surface area contributed by atoms with Crippen LogP contribution in [0.5, 0.6) is 0 Å². The molecule has 5 heterocycles. The van der Waals surface area contributed by atoms with E-state index in [4.69, 9.17) is 9.97 Å². The fraction of sp³-hybridized carbons (Fsp3) is 0. The Balaban J connectivity index is 0.855. The zero-order chi connectivity index (χ0) is 48.4. The lowest BCUT2D eigenvalue weighted by molar-refractivity contribution is 0.972. The molecular weight excluding hydrogens is 901 g/mol. The standard InChI is InChI=1S/C68H42N6/c1-3-17-47(18-4-1)71-59-27-13-8-21-49(59)54-39-43(31-35-63(54)71)45-33-37-65-56(41-45)51-23-10-15-29-61(51)73(65)67-53-25-7-12-26-58(53)69-68(70-67)74-62-30-16-11-24-52(62)57-42-46(34-38-66(57)74)44-32-36-64-55(40-44)50-22-9-14-28-60(50)72(64)48-19-5-2-6-20-48/h1-42H. The third-order valence-corrected chi connectivity index (χ3v) is 15.4. The minimum Gasteiger partial charge on any atom is -0.309 e. The van der Waals surface area contributed by atoms with E-state index in [1.165, 1.54) is 65.5 Å². The zero-order valence-corrected chi connectivity index (χ0v) is 39.9. The first-order chi connectivity index (χ1) is 36.7. The largest absolute Gasteiger partial charge is 0.309 e. The normalized spacial score (nSPS) is 12.1. The van der Waals surface area contributed by atoms with Crippen molar-refractivity contribution in [2.24, 2.45) is 0 Å². The first kappa shape index (κ1) is 40.7. The lowest BCUT2D eigenvalue weighted by atomic mass is 10.0. The van der Waals surface area contributed by atoms with Crippen LogP contribution in [0.25, 0.3) is 144 Å². The van der Waals surface area contributed by atoms with Crippen LogP contribution < -0.4 is 0 Å². The second kappa shape index (κ2) is 15.7. The van der Waals surface area contributed by atoms with Crippen molar-refractivity contribution in [2.75, 3.05) is 0 Å². The van der Waals surface area contributed by atoms with Gasteiger partial charge in [-0.25, -0.2) is 4.98 Å². The van der Waals surface area contributed by atoms with Crippen LogP contribution in [0, 0.1) is 0 Å². The smallest absolute Gasteiger partial charge is 0.237 e. The van der Waals surface area contributed by atoms with Gasteiger partial charge in [-0.2, -0.15) is 4.98 Å². The summed E-state index contributed by atoms with van der Waals surface area (Å²) in [5.74, 6) is 1.46. The molecule has 0 amide bonds. The second-order valence-electron chi connectivity index (χ2n) is 19.4. The highest BCUT2D eigenvalue weighted by atomic mass is 15.2. The number of aromatic nitrogens is 6. The molecular formula is C68H42N6. The first-order valence-corrected chi connectivity index (χ1v) is 25.2. The van der Waals surface area contributed by atoms with E-state index in [-0.39, 0.29) is 0 Å². The fourth-order valence-electron chi connectivity index (χ4n) is 12.1. The fourth-order valence-corrected chi connectivity index (χ4v) is 12.1. The summed E-state index contributed by atoms with van der Waals surface area (Å²) in [5.41, 5.74) is 16.9. The van der Waals surface area contributed by atoms with E-state index in [0.29, 0.717) is 5.95 Å². The van der Waals surface area contributed by atoms with Gasteiger partial charge in [-0.15, -0.1) is 0 Å². The van der Waals surface area contributed by atoms with Crippen molar-refractivity contribution in [3.8, 4) is 45.4 Å². The maximum absolute atomic E-state index is 5.64. The summed E-state index contributed by atoms with van der Waals surface area (Å²) in [6.45, 7) is 0. The highest BCUT2D eigenvalue weighted by Crippen LogP contribution is 2.42. The molecule has 0 fully saturated rings. The van der Waals surface area contributed by atoms with Gasteiger partial charge in [0, 0.05) is 59.9 Å². The van der Waals surface area contributed by atoms with Crippen LogP contribution in [0.15, 0.2) is 255 Å². The predicted molar refractivity (Wildman–Crippen MR) is 308 cm³/mol. The van der Waals surface area contributed by atoms with Crippen molar-refractivity contribution in [3.63, 3.8) is 0 Å². The molecule has 344 valence electrons.